The smallest absolute Gasteiger partial charge is 0.272 e. The zero-order valence-electron chi connectivity index (χ0n) is 25.0. The summed E-state index contributed by atoms with van der Waals surface area (Å²) in [5, 5.41) is 8.47. The van der Waals surface area contributed by atoms with Crippen LogP contribution in [0.3, 0.4) is 0 Å². The van der Waals surface area contributed by atoms with E-state index in [0.29, 0.717) is 34.4 Å². The minimum absolute atomic E-state index is 0.112. The third-order valence-corrected chi connectivity index (χ3v) is 7.57. The van der Waals surface area contributed by atoms with E-state index < -0.39 is 5.91 Å². The average Bonchev–Trinajstić information content (AvgIpc) is 3.04. The van der Waals surface area contributed by atoms with Crippen molar-refractivity contribution < 1.29 is 23.9 Å². The number of carbonyl (C=O) groups excluding carboxylic acids is 3. The van der Waals surface area contributed by atoms with Gasteiger partial charge in [-0.2, -0.15) is 0 Å². The molecule has 0 bridgehead atoms. The number of rotatable bonds is 12. The van der Waals surface area contributed by atoms with Crippen molar-refractivity contribution in [3.63, 3.8) is 0 Å². The summed E-state index contributed by atoms with van der Waals surface area (Å²) in [6, 6.07) is 28.9. The van der Waals surface area contributed by atoms with Crippen LogP contribution in [0.1, 0.15) is 41.3 Å². The molecule has 0 aliphatic rings. The Morgan fingerprint density at radius 2 is 1.41 bits per heavy atom. The molecule has 3 amide bonds. The van der Waals surface area contributed by atoms with Crippen molar-refractivity contribution in [2.45, 2.75) is 24.7 Å². The quantitative estimate of drug-likeness (QED) is 0.118. The van der Waals surface area contributed by atoms with E-state index in [1.165, 1.54) is 17.3 Å². The van der Waals surface area contributed by atoms with Crippen molar-refractivity contribution in [2.75, 3.05) is 30.6 Å². The summed E-state index contributed by atoms with van der Waals surface area (Å²) in [4.78, 5) is 39.7. The minimum Gasteiger partial charge on any atom is -0.497 e. The molecule has 4 aromatic carbocycles. The number of thioether (sulfide) groups is 1. The van der Waals surface area contributed by atoms with Gasteiger partial charge in [0.05, 0.1) is 20.0 Å². The van der Waals surface area contributed by atoms with Crippen molar-refractivity contribution in [3.8, 4) is 11.5 Å². The molecule has 4 rings (SSSR count). The highest BCUT2D eigenvalue weighted by Crippen LogP contribution is 2.27. The Hall–Kier alpha value is -5.02. The molecule has 3 N–H and O–H groups in total. The molecule has 0 aliphatic heterocycles. The predicted octanol–water partition coefficient (Wildman–Crippen LogP) is 6.97. The molecule has 0 aliphatic carbocycles. The van der Waals surface area contributed by atoms with Crippen molar-refractivity contribution in [1.29, 1.82) is 0 Å². The summed E-state index contributed by atoms with van der Waals surface area (Å²) in [5.41, 5.74) is 3.63. The highest BCUT2D eigenvalue weighted by atomic mass is 32.2. The molecule has 0 saturated heterocycles. The fraction of sp³-hybridized carbons (Fsp3) is 0.171. The zero-order valence-corrected chi connectivity index (χ0v) is 25.9. The first kappa shape index (κ1) is 31.9. The molecular formula is C35H35N3O5S. The Morgan fingerprint density at radius 3 is 2.00 bits per heavy atom. The van der Waals surface area contributed by atoms with Crippen molar-refractivity contribution in [2.24, 2.45) is 0 Å². The summed E-state index contributed by atoms with van der Waals surface area (Å²) < 4.78 is 10.5. The predicted molar refractivity (Wildman–Crippen MR) is 176 cm³/mol. The second-order valence-corrected chi connectivity index (χ2v) is 11.2. The van der Waals surface area contributed by atoms with E-state index in [-0.39, 0.29) is 23.3 Å². The summed E-state index contributed by atoms with van der Waals surface area (Å²) in [7, 11) is 3.09. The maximum absolute atomic E-state index is 13.4. The summed E-state index contributed by atoms with van der Waals surface area (Å²) in [6.07, 6.45) is 1.65. The third kappa shape index (κ3) is 9.24. The Morgan fingerprint density at radius 1 is 0.773 bits per heavy atom. The number of benzene rings is 4. The van der Waals surface area contributed by atoms with Crippen LogP contribution in [-0.4, -0.2) is 37.7 Å². The average molecular weight is 610 g/mol. The second kappa shape index (κ2) is 15.5. The fourth-order valence-corrected chi connectivity index (χ4v) is 4.84. The first-order valence-electron chi connectivity index (χ1n) is 14.0. The fourth-order valence-electron chi connectivity index (χ4n) is 4.14. The SMILES string of the molecule is COc1cc(NC(=O)CSc2ccc(NC(=O)/C(=C/c3ccc(C(C)C)cc3)NC(=O)c3ccccc3)cc2)cc(OC)c1. The van der Waals surface area contributed by atoms with Gasteiger partial charge in [0.1, 0.15) is 17.2 Å². The van der Waals surface area contributed by atoms with Gasteiger partial charge in [-0.1, -0.05) is 56.3 Å². The Labute approximate surface area is 261 Å². The van der Waals surface area contributed by atoms with E-state index in [1.807, 2.05) is 42.5 Å². The van der Waals surface area contributed by atoms with E-state index in [9.17, 15) is 14.4 Å². The lowest BCUT2D eigenvalue weighted by Crippen LogP contribution is -2.30. The molecule has 0 radical (unpaired) electrons. The molecule has 4 aromatic rings. The lowest BCUT2D eigenvalue weighted by molar-refractivity contribution is -0.114. The number of carbonyl (C=O) groups is 3. The number of ether oxygens (including phenoxy) is 2. The van der Waals surface area contributed by atoms with Gasteiger partial charge in [-0.15, -0.1) is 11.8 Å². The van der Waals surface area contributed by atoms with Gasteiger partial charge in [-0.05, 0) is 59.5 Å². The van der Waals surface area contributed by atoms with Crippen molar-refractivity contribution in [3.05, 3.63) is 119 Å². The van der Waals surface area contributed by atoms with Crippen LogP contribution >= 0.6 is 11.8 Å². The van der Waals surface area contributed by atoms with E-state index in [1.54, 1.807) is 74.9 Å². The molecule has 8 nitrogen and oxygen atoms in total. The Kier molecular flexibility index (Phi) is 11.2. The number of nitrogens with one attached hydrogen (secondary N) is 3. The van der Waals surface area contributed by atoms with Crippen LogP contribution in [0, 0.1) is 0 Å². The number of methoxy groups -OCH3 is 2. The van der Waals surface area contributed by atoms with E-state index in [4.69, 9.17) is 9.47 Å². The van der Waals surface area contributed by atoms with Crippen LogP contribution in [0.15, 0.2) is 108 Å². The third-order valence-electron chi connectivity index (χ3n) is 6.56. The van der Waals surface area contributed by atoms with Crippen LogP contribution in [0.5, 0.6) is 11.5 Å². The molecule has 9 heteroatoms. The lowest BCUT2D eigenvalue weighted by atomic mass is 10.0. The highest BCUT2D eigenvalue weighted by Gasteiger charge is 2.15. The summed E-state index contributed by atoms with van der Waals surface area (Å²) in [6.45, 7) is 4.23. The highest BCUT2D eigenvalue weighted by molar-refractivity contribution is 8.00. The molecule has 226 valence electrons. The normalized spacial score (nSPS) is 11.1. The van der Waals surface area contributed by atoms with Gasteiger partial charge in [-0.25, -0.2) is 0 Å². The topological polar surface area (TPSA) is 106 Å². The molecule has 0 atom stereocenters. The Balaban J connectivity index is 1.41. The molecule has 44 heavy (non-hydrogen) atoms. The van der Waals surface area contributed by atoms with E-state index in [0.717, 1.165) is 10.5 Å². The van der Waals surface area contributed by atoms with Gasteiger partial charge in [-0.3, -0.25) is 14.4 Å². The van der Waals surface area contributed by atoms with Crippen LogP contribution in [0.4, 0.5) is 11.4 Å². The molecular weight excluding hydrogens is 574 g/mol. The van der Waals surface area contributed by atoms with E-state index in [2.05, 4.69) is 29.8 Å². The summed E-state index contributed by atoms with van der Waals surface area (Å²) in [5.74, 6) is 0.672. The van der Waals surface area contributed by atoms with Crippen LogP contribution < -0.4 is 25.4 Å². The number of anilines is 2. The largest absolute Gasteiger partial charge is 0.497 e. The maximum atomic E-state index is 13.4. The second-order valence-electron chi connectivity index (χ2n) is 10.1. The van der Waals surface area contributed by atoms with Gasteiger partial charge < -0.3 is 25.4 Å². The zero-order chi connectivity index (χ0) is 31.5. The molecule has 0 saturated carbocycles. The number of amides is 3. The van der Waals surface area contributed by atoms with Crippen LogP contribution in [-0.2, 0) is 9.59 Å². The van der Waals surface area contributed by atoms with Crippen LogP contribution in [0.25, 0.3) is 6.08 Å². The molecule has 0 spiro atoms. The van der Waals surface area contributed by atoms with Gasteiger partial charge in [0.2, 0.25) is 5.91 Å². The van der Waals surface area contributed by atoms with Crippen LogP contribution in [0.2, 0.25) is 0 Å². The van der Waals surface area contributed by atoms with Crippen molar-refractivity contribution in [1.82, 2.24) is 5.32 Å². The van der Waals surface area contributed by atoms with Gasteiger partial charge in [0, 0.05) is 40.0 Å². The first-order valence-corrected chi connectivity index (χ1v) is 15.0. The molecule has 0 aromatic heterocycles. The maximum Gasteiger partial charge on any atom is 0.272 e. The standard InChI is InChI=1S/C35H35N3O5S/c1-23(2)25-12-10-24(11-13-25)18-32(38-34(40)26-8-6-5-7-9-26)35(41)37-27-14-16-31(17-15-27)44-22-33(39)36-28-19-29(42-3)21-30(20-28)43-4/h5-21,23H,22H2,1-4H3,(H,36,39)(H,37,41)(H,38,40)/b32-18-. The lowest BCUT2D eigenvalue weighted by Gasteiger charge is -2.12. The molecule has 0 fully saturated rings. The minimum atomic E-state index is -0.462. The monoisotopic (exact) mass is 609 g/mol. The number of hydrogen-bond donors (Lipinski definition) is 3. The Bertz CT molecular complexity index is 1600. The van der Waals surface area contributed by atoms with Crippen molar-refractivity contribution >= 4 is 46.9 Å². The van der Waals surface area contributed by atoms with Gasteiger partial charge >= 0.3 is 0 Å². The number of hydrogen-bond acceptors (Lipinski definition) is 6. The summed E-state index contributed by atoms with van der Waals surface area (Å²) >= 11 is 1.36. The van der Waals surface area contributed by atoms with Gasteiger partial charge in [0.15, 0.2) is 0 Å². The first-order chi connectivity index (χ1) is 21.2. The van der Waals surface area contributed by atoms with Gasteiger partial charge in [0.25, 0.3) is 11.8 Å². The molecule has 0 unspecified atom stereocenters. The van der Waals surface area contributed by atoms with E-state index >= 15 is 0 Å². The molecule has 0 heterocycles.